The van der Waals surface area contributed by atoms with Gasteiger partial charge in [0, 0.05) is 25.2 Å². The van der Waals surface area contributed by atoms with Crippen LogP contribution in [0.15, 0.2) is 70.3 Å². The number of ether oxygens (including phenoxy) is 1. The van der Waals surface area contributed by atoms with E-state index < -0.39 is 0 Å². The Bertz CT molecular complexity index is 1610. The molecule has 0 fully saturated rings. The first-order valence-corrected chi connectivity index (χ1v) is 10.2. The maximum absolute atomic E-state index is 13.4. The van der Waals surface area contributed by atoms with Gasteiger partial charge in [-0.15, -0.1) is 0 Å². The molecule has 0 aliphatic heterocycles. The van der Waals surface area contributed by atoms with Crippen LogP contribution in [0.3, 0.4) is 0 Å². The van der Waals surface area contributed by atoms with Crippen molar-refractivity contribution >= 4 is 16.4 Å². The highest BCUT2D eigenvalue weighted by Crippen LogP contribution is 2.37. The highest BCUT2D eigenvalue weighted by Gasteiger charge is 2.24. The summed E-state index contributed by atoms with van der Waals surface area (Å²) >= 11 is 0. The van der Waals surface area contributed by atoms with E-state index in [1.807, 2.05) is 67.6 Å². The van der Waals surface area contributed by atoms with Crippen molar-refractivity contribution in [1.82, 2.24) is 18.7 Å². The molecule has 7 nitrogen and oxygen atoms in total. The SMILES string of the molecule is COc1ccc(-c2c3c(=O)n(C)c(=O)n(C)c3c3c(-c4ccccc4)cc(C)nn23)cc1. The predicted octanol–water partition coefficient (Wildman–Crippen LogP) is 3.54. The third kappa shape index (κ3) is 2.78. The summed E-state index contributed by atoms with van der Waals surface area (Å²) in [6, 6.07) is 19.4. The zero-order valence-corrected chi connectivity index (χ0v) is 18.3. The van der Waals surface area contributed by atoms with Gasteiger partial charge in [0.1, 0.15) is 5.75 Å². The summed E-state index contributed by atoms with van der Waals surface area (Å²) in [5.41, 5.74) is 4.71. The van der Waals surface area contributed by atoms with Crippen LogP contribution in [0.1, 0.15) is 5.69 Å². The molecule has 3 aromatic heterocycles. The highest BCUT2D eigenvalue weighted by molar-refractivity contribution is 6.08. The first-order chi connectivity index (χ1) is 15.4. The largest absolute Gasteiger partial charge is 0.497 e. The Morgan fingerprint density at radius 3 is 2.19 bits per heavy atom. The zero-order valence-electron chi connectivity index (χ0n) is 18.3. The van der Waals surface area contributed by atoms with Crippen LogP contribution in [0.25, 0.3) is 38.8 Å². The van der Waals surface area contributed by atoms with Gasteiger partial charge >= 0.3 is 5.69 Å². The third-order valence-electron chi connectivity index (χ3n) is 5.86. The minimum Gasteiger partial charge on any atom is -0.497 e. The lowest BCUT2D eigenvalue weighted by Crippen LogP contribution is -2.36. The van der Waals surface area contributed by atoms with Crippen LogP contribution in [0.4, 0.5) is 0 Å². The monoisotopic (exact) mass is 426 g/mol. The fraction of sp³-hybridized carbons (Fsp3) is 0.160. The van der Waals surface area contributed by atoms with Gasteiger partial charge in [0.05, 0.1) is 34.9 Å². The average Bonchev–Trinajstić information content (AvgIpc) is 3.16. The average molecular weight is 426 g/mol. The van der Waals surface area contributed by atoms with Crippen molar-refractivity contribution in [2.45, 2.75) is 6.92 Å². The lowest BCUT2D eigenvalue weighted by atomic mass is 10.0. The van der Waals surface area contributed by atoms with Crippen LogP contribution in [0.2, 0.25) is 0 Å². The minimum absolute atomic E-state index is 0.351. The fourth-order valence-electron chi connectivity index (χ4n) is 4.31. The van der Waals surface area contributed by atoms with Crippen molar-refractivity contribution in [3.8, 4) is 28.1 Å². The molecular formula is C25H22N4O3. The topological polar surface area (TPSA) is 70.5 Å². The highest BCUT2D eigenvalue weighted by atomic mass is 16.5. The second-order valence-corrected chi connectivity index (χ2v) is 7.83. The maximum Gasteiger partial charge on any atom is 0.331 e. The van der Waals surface area contributed by atoms with E-state index in [1.54, 1.807) is 18.7 Å². The molecular weight excluding hydrogens is 404 g/mol. The predicted molar refractivity (Wildman–Crippen MR) is 125 cm³/mol. The van der Waals surface area contributed by atoms with Gasteiger partial charge in [-0.2, -0.15) is 5.10 Å². The van der Waals surface area contributed by atoms with E-state index in [0.717, 1.165) is 32.5 Å². The summed E-state index contributed by atoms with van der Waals surface area (Å²) in [5.74, 6) is 0.716. The van der Waals surface area contributed by atoms with Gasteiger partial charge in [-0.05, 0) is 42.8 Å². The molecule has 32 heavy (non-hydrogen) atoms. The number of hydrogen-bond acceptors (Lipinski definition) is 4. The minimum atomic E-state index is -0.379. The molecule has 5 rings (SSSR count). The van der Waals surface area contributed by atoms with Gasteiger partial charge in [0.2, 0.25) is 0 Å². The molecule has 5 aromatic rings. The van der Waals surface area contributed by atoms with Gasteiger partial charge < -0.3 is 4.74 Å². The molecule has 0 aliphatic carbocycles. The van der Waals surface area contributed by atoms with E-state index in [9.17, 15) is 9.59 Å². The quantitative estimate of drug-likeness (QED) is 0.443. The molecule has 0 amide bonds. The molecule has 0 aliphatic rings. The van der Waals surface area contributed by atoms with Crippen molar-refractivity contribution in [2.75, 3.05) is 7.11 Å². The van der Waals surface area contributed by atoms with E-state index in [-0.39, 0.29) is 11.2 Å². The number of hydrogen-bond donors (Lipinski definition) is 0. The number of aryl methyl sites for hydroxylation is 2. The lowest BCUT2D eigenvalue weighted by molar-refractivity contribution is 0.415. The number of aromatic nitrogens is 4. The molecule has 3 heterocycles. The third-order valence-corrected chi connectivity index (χ3v) is 5.86. The number of rotatable bonds is 3. The van der Waals surface area contributed by atoms with E-state index in [2.05, 4.69) is 0 Å². The van der Waals surface area contributed by atoms with Gasteiger partial charge in [0.15, 0.2) is 0 Å². The smallest absolute Gasteiger partial charge is 0.331 e. The Morgan fingerprint density at radius 1 is 0.844 bits per heavy atom. The molecule has 0 saturated carbocycles. The number of fused-ring (bicyclic) bond motifs is 3. The van der Waals surface area contributed by atoms with Crippen molar-refractivity contribution in [1.29, 1.82) is 0 Å². The second-order valence-electron chi connectivity index (χ2n) is 7.83. The zero-order chi connectivity index (χ0) is 22.6. The molecule has 0 radical (unpaired) electrons. The molecule has 0 bridgehead atoms. The van der Waals surface area contributed by atoms with Gasteiger partial charge in [-0.3, -0.25) is 13.9 Å². The Hall–Kier alpha value is -4.13. The normalized spacial score (nSPS) is 11.4. The van der Waals surface area contributed by atoms with E-state index in [4.69, 9.17) is 9.84 Å². The molecule has 0 unspecified atom stereocenters. The summed E-state index contributed by atoms with van der Waals surface area (Å²) < 4.78 is 9.77. The molecule has 0 spiro atoms. The number of benzene rings is 2. The first-order valence-electron chi connectivity index (χ1n) is 10.2. The standard InChI is InChI=1S/C25H22N4O3/c1-15-14-19(16-8-6-5-7-9-16)22-23-20(24(30)28(3)25(31)27(23)2)21(29(22)26-15)17-10-12-18(32-4)13-11-17/h5-14H,1-4H3. The van der Waals surface area contributed by atoms with Crippen LogP contribution in [0.5, 0.6) is 5.75 Å². The summed E-state index contributed by atoms with van der Waals surface area (Å²) in [6.07, 6.45) is 0. The summed E-state index contributed by atoms with van der Waals surface area (Å²) in [5, 5.41) is 5.24. The van der Waals surface area contributed by atoms with Crippen molar-refractivity contribution in [2.24, 2.45) is 14.1 Å². The Morgan fingerprint density at radius 2 is 1.53 bits per heavy atom. The van der Waals surface area contributed by atoms with Crippen molar-refractivity contribution in [3.05, 3.63) is 87.2 Å². The Labute approximate surface area is 183 Å². The second kappa shape index (κ2) is 7.23. The first kappa shape index (κ1) is 19.8. The van der Waals surface area contributed by atoms with Gasteiger partial charge in [-0.1, -0.05) is 30.3 Å². The van der Waals surface area contributed by atoms with Gasteiger partial charge in [-0.25, -0.2) is 9.31 Å². The van der Waals surface area contributed by atoms with E-state index in [1.165, 1.54) is 11.6 Å². The fourth-order valence-corrected chi connectivity index (χ4v) is 4.31. The van der Waals surface area contributed by atoms with Crippen molar-refractivity contribution in [3.63, 3.8) is 0 Å². The molecule has 7 heteroatoms. The summed E-state index contributed by atoms with van der Waals surface area (Å²) in [7, 11) is 4.80. The van der Waals surface area contributed by atoms with Crippen LogP contribution in [0, 0.1) is 6.92 Å². The molecule has 0 saturated heterocycles. The van der Waals surface area contributed by atoms with Crippen LogP contribution in [-0.2, 0) is 14.1 Å². The maximum atomic E-state index is 13.4. The van der Waals surface area contributed by atoms with E-state index >= 15 is 0 Å². The number of nitrogens with zero attached hydrogens (tertiary/aromatic N) is 4. The van der Waals surface area contributed by atoms with Crippen LogP contribution in [-0.4, -0.2) is 25.9 Å². The Balaban J connectivity index is 2.07. The molecule has 160 valence electrons. The van der Waals surface area contributed by atoms with E-state index in [0.29, 0.717) is 22.3 Å². The molecule has 0 atom stereocenters. The van der Waals surface area contributed by atoms with Crippen molar-refractivity contribution < 1.29 is 4.74 Å². The number of methoxy groups -OCH3 is 1. The van der Waals surface area contributed by atoms with Gasteiger partial charge in [0.25, 0.3) is 5.56 Å². The summed E-state index contributed by atoms with van der Waals surface area (Å²) in [4.78, 5) is 26.3. The Kier molecular flexibility index (Phi) is 4.48. The molecule has 0 N–H and O–H groups in total. The lowest BCUT2D eigenvalue weighted by Gasteiger charge is -2.10. The summed E-state index contributed by atoms with van der Waals surface area (Å²) in [6.45, 7) is 1.92. The molecule has 2 aromatic carbocycles. The van der Waals surface area contributed by atoms with Crippen LogP contribution >= 0.6 is 0 Å². The van der Waals surface area contributed by atoms with Crippen LogP contribution < -0.4 is 16.0 Å².